The fraction of sp³-hybridized carbons (Fsp3) is 0.125. The molecule has 0 unspecified atom stereocenters. The van der Waals surface area contributed by atoms with Gasteiger partial charge in [0.25, 0.3) is 0 Å². The lowest BCUT2D eigenvalue weighted by atomic mass is 10.2. The van der Waals surface area contributed by atoms with E-state index < -0.39 is 0 Å². The first-order valence-corrected chi connectivity index (χ1v) is 8.08. The largest absolute Gasteiger partial charge is 0.242 e. The Morgan fingerprint density at radius 1 is 0.900 bits per heavy atom. The predicted molar refractivity (Wildman–Crippen MR) is 87.7 cm³/mol. The molecule has 0 amide bonds. The van der Waals surface area contributed by atoms with Gasteiger partial charge in [0.15, 0.2) is 0 Å². The fourth-order valence-electron chi connectivity index (χ4n) is 2.38. The highest BCUT2D eigenvalue weighted by Crippen LogP contribution is 2.34. The van der Waals surface area contributed by atoms with Crippen LogP contribution in [0.4, 0.5) is 0 Å². The molecule has 0 spiro atoms. The van der Waals surface area contributed by atoms with Gasteiger partial charge in [0.05, 0.1) is 25.4 Å². The van der Waals surface area contributed by atoms with Crippen LogP contribution in [0.3, 0.4) is 0 Å². The van der Waals surface area contributed by atoms with E-state index in [4.69, 9.17) is 4.98 Å². The van der Waals surface area contributed by atoms with Crippen LogP contribution in [0, 0.1) is 13.8 Å². The molecule has 0 radical (unpaired) electrons. The van der Waals surface area contributed by atoms with Crippen molar-refractivity contribution >= 4 is 43.1 Å². The molecule has 20 heavy (non-hydrogen) atoms. The summed E-state index contributed by atoms with van der Waals surface area (Å²) in [4.78, 5) is 9.27. The first-order chi connectivity index (χ1) is 9.70. The molecule has 0 saturated carbocycles. The third kappa shape index (κ3) is 1.84. The molecule has 98 valence electrons. The highest BCUT2D eigenvalue weighted by Gasteiger charge is 2.09. The molecule has 2 heterocycles. The van der Waals surface area contributed by atoms with Gasteiger partial charge in [-0.3, -0.25) is 0 Å². The van der Waals surface area contributed by atoms with E-state index in [1.807, 2.05) is 6.92 Å². The molecule has 4 aromatic rings. The van der Waals surface area contributed by atoms with Gasteiger partial charge < -0.3 is 0 Å². The second-order valence-electron chi connectivity index (χ2n) is 4.86. The van der Waals surface area contributed by atoms with E-state index in [-0.39, 0.29) is 0 Å². The van der Waals surface area contributed by atoms with Crippen LogP contribution in [0.15, 0.2) is 36.4 Å². The lowest BCUT2D eigenvalue weighted by molar-refractivity contribution is 1.35. The summed E-state index contributed by atoms with van der Waals surface area (Å²) in [6, 6.07) is 12.7. The van der Waals surface area contributed by atoms with Crippen molar-refractivity contribution in [3.05, 3.63) is 47.0 Å². The molecule has 4 rings (SSSR count). The van der Waals surface area contributed by atoms with Crippen LogP contribution in [-0.4, -0.2) is 9.97 Å². The third-order valence-electron chi connectivity index (χ3n) is 3.35. The van der Waals surface area contributed by atoms with Crippen molar-refractivity contribution in [1.29, 1.82) is 0 Å². The monoisotopic (exact) mass is 296 g/mol. The Morgan fingerprint density at radius 3 is 2.65 bits per heavy atom. The normalized spacial score (nSPS) is 11.5. The zero-order valence-corrected chi connectivity index (χ0v) is 12.8. The minimum Gasteiger partial charge on any atom is -0.242 e. The highest BCUT2D eigenvalue weighted by molar-refractivity contribution is 7.22. The van der Waals surface area contributed by atoms with Crippen LogP contribution >= 0.6 is 22.7 Å². The molecule has 0 bridgehead atoms. The fourth-order valence-corrected chi connectivity index (χ4v) is 4.28. The van der Waals surface area contributed by atoms with Crippen LogP contribution in [-0.2, 0) is 0 Å². The van der Waals surface area contributed by atoms with E-state index in [1.165, 1.54) is 20.5 Å². The van der Waals surface area contributed by atoms with E-state index in [9.17, 15) is 0 Å². The summed E-state index contributed by atoms with van der Waals surface area (Å²) < 4.78 is 2.51. The van der Waals surface area contributed by atoms with Crippen molar-refractivity contribution in [2.45, 2.75) is 13.8 Å². The maximum absolute atomic E-state index is 4.76. The zero-order valence-electron chi connectivity index (χ0n) is 11.2. The summed E-state index contributed by atoms with van der Waals surface area (Å²) in [6.45, 7) is 4.19. The van der Waals surface area contributed by atoms with E-state index >= 15 is 0 Å². The average molecular weight is 296 g/mol. The number of rotatable bonds is 1. The van der Waals surface area contributed by atoms with Crippen molar-refractivity contribution in [2.24, 2.45) is 0 Å². The van der Waals surface area contributed by atoms with Gasteiger partial charge in [-0.2, -0.15) is 0 Å². The van der Waals surface area contributed by atoms with Gasteiger partial charge in [-0.05, 0) is 43.7 Å². The van der Waals surface area contributed by atoms with Gasteiger partial charge in [-0.1, -0.05) is 12.1 Å². The summed E-state index contributed by atoms with van der Waals surface area (Å²) in [7, 11) is 0. The van der Waals surface area contributed by atoms with Crippen LogP contribution in [0.2, 0.25) is 0 Å². The quantitative estimate of drug-likeness (QED) is 0.483. The van der Waals surface area contributed by atoms with E-state index in [0.29, 0.717) is 0 Å². The van der Waals surface area contributed by atoms with Gasteiger partial charge in [-0.15, -0.1) is 22.7 Å². The Morgan fingerprint density at radius 2 is 1.80 bits per heavy atom. The molecule has 0 atom stereocenters. The smallest absolute Gasteiger partial charge is 0.124 e. The number of aryl methyl sites for hydroxylation is 2. The average Bonchev–Trinajstić information content (AvgIpc) is 3.00. The van der Waals surface area contributed by atoms with Gasteiger partial charge in [0.2, 0.25) is 0 Å². The van der Waals surface area contributed by atoms with Crippen molar-refractivity contribution < 1.29 is 0 Å². The standard InChI is InChI=1S/C16H12N2S2/c1-9-4-3-5-13-15(9)20-16(18-13)11-6-7-12-14(8-11)19-10(2)17-12/h3-8H,1-2H3. The molecule has 2 nitrogen and oxygen atoms in total. The Kier molecular flexibility index (Phi) is 2.62. The summed E-state index contributed by atoms with van der Waals surface area (Å²) in [5.74, 6) is 0. The maximum Gasteiger partial charge on any atom is 0.124 e. The van der Waals surface area contributed by atoms with Crippen LogP contribution in [0.1, 0.15) is 10.6 Å². The number of thiazole rings is 2. The van der Waals surface area contributed by atoms with Gasteiger partial charge >= 0.3 is 0 Å². The number of benzene rings is 2. The lowest BCUT2D eigenvalue weighted by Crippen LogP contribution is -1.76. The van der Waals surface area contributed by atoms with E-state index in [1.54, 1.807) is 22.7 Å². The van der Waals surface area contributed by atoms with E-state index in [2.05, 4.69) is 48.3 Å². The molecule has 4 heteroatoms. The number of hydrogen-bond acceptors (Lipinski definition) is 4. The lowest BCUT2D eigenvalue weighted by Gasteiger charge is -1.95. The molecule has 0 fully saturated rings. The van der Waals surface area contributed by atoms with Gasteiger partial charge in [0, 0.05) is 5.56 Å². The van der Waals surface area contributed by atoms with Crippen LogP contribution in [0.5, 0.6) is 0 Å². The number of fused-ring (bicyclic) bond motifs is 2. The zero-order chi connectivity index (χ0) is 13.7. The Bertz CT molecular complexity index is 934. The Balaban J connectivity index is 1.93. The molecule has 0 saturated heterocycles. The molecule has 0 aliphatic rings. The molecule has 2 aromatic carbocycles. The Hall–Kier alpha value is -1.78. The summed E-state index contributed by atoms with van der Waals surface area (Å²) in [6.07, 6.45) is 0. The van der Waals surface area contributed by atoms with Gasteiger partial charge in [-0.25, -0.2) is 9.97 Å². The minimum atomic E-state index is 1.08. The van der Waals surface area contributed by atoms with Crippen molar-refractivity contribution in [3.63, 3.8) is 0 Å². The highest BCUT2D eigenvalue weighted by atomic mass is 32.1. The first kappa shape index (κ1) is 12.0. The topological polar surface area (TPSA) is 25.8 Å². The molecular formula is C16H12N2S2. The number of nitrogens with zero attached hydrogens (tertiary/aromatic N) is 2. The molecule has 0 aliphatic carbocycles. The van der Waals surface area contributed by atoms with Crippen LogP contribution < -0.4 is 0 Å². The van der Waals surface area contributed by atoms with E-state index in [0.717, 1.165) is 21.0 Å². The summed E-state index contributed by atoms with van der Waals surface area (Å²) >= 11 is 3.50. The van der Waals surface area contributed by atoms with Crippen molar-refractivity contribution in [3.8, 4) is 10.6 Å². The second-order valence-corrected chi connectivity index (χ2v) is 7.09. The van der Waals surface area contributed by atoms with Crippen molar-refractivity contribution in [2.75, 3.05) is 0 Å². The maximum atomic E-state index is 4.76. The first-order valence-electron chi connectivity index (χ1n) is 6.44. The second kappa shape index (κ2) is 4.36. The minimum absolute atomic E-state index is 1.08. The molecule has 0 N–H and O–H groups in total. The third-order valence-corrected chi connectivity index (χ3v) is 5.54. The van der Waals surface area contributed by atoms with Crippen LogP contribution in [0.25, 0.3) is 31.0 Å². The summed E-state index contributed by atoms with van der Waals surface area (Å²) in [5.41, 5.74) is 4.64. The Labute approximate surface area is 124 Å². The SMILES string of the molecule is Cc1nc2ccc(-c3nc4cccc(C)c4s3)cc2s1. The molecule has 2 aromatic heterocycles. The molecule has 0 aliphatic heterocycles. The van der Waals surface area contributed by atoms with Gasteiger partial charge in [0.1, 0.15) is 5.01 Å². The number of hydrogen-bond donors (Lipinski definition) is 0. The number of aromatic nitrogens is 2. The predicted octanol–water partition coefficient (Wildman–Crippen LogP) is 5.19. The van der Waals surface area contributed by atoms with Crippen molar-refractivity contribution in [1.82, 2.24) is 9.97 Å². The molecular weight excluding hydrogens is 284 g/mol. The summed E-state index contributed by atoms with van der Waals surface area (Å²) in [5, 5.41) is 2.19.